The summed E-state index contributed by atoms with van der Waals surface area (Å²) in [5.41, 5.74) is 0.201. The number of nitrogens with zero attached hydrogens (tertiary/aromatic N) is 2. The number of halogens is 1. The lowest BCUT2D eigenvalue weighted by molar-refractivity contribution is -0.155. The molecule has 0 radical (unpaired) electrons. The molecule has 1 N–H and O–H groups in total. The first-order chi connectivity index (χ1) is 11.7. The number of ether oxygens (including phenoxy) is 1. The first-order valence-electron chi connectivity index (χ1n) is 7.92. The fourth-order valence-corrected chi connectivity index (χ4v) is 2.44. The lowest BCUT2D eigenvalue weighted by atomic mass is 10.1. The third-order valence-electron chi connectivity index (χ3n) is 3.38. The molecular formula is C18H22ClN3O3. The Labute approximate surface area is 151 Å². The van der Waals surface area contributed by atoms with E-state index in [1.807, 2.05) is 30.3 Å². The van der Waals surface area contributed by atoms with Crippen molar-refractivity contribution in [3.63, 3.8) is 0 Å². The van der Waals surface area contributed by atoms with Crippen molar-refractivity contribution in [2.24, 2.45) is 7.05 Å². The van der Waals surface area contributed by atoms with Gasteiger partial charge < -0.3 is 10.1 Å². The molecule has 7 heteroatoms. The largest absolute Gasteiger partial charge is 0.458 e. The topological polar surface area (TPSA) is 73.2 Å². The maximum atomic E-state index is 12.6. The minimum atomic E-state index is -0.701. The highest BCUT2D eigenvalue weighted by Crippen LogP contribution is 2.19. The smallest absolute Gasteiger partial charge is 0.329 e. The van der Waals surface area contributed by atoms with Gasteiger partial charge in [0, 0.05) is 13.5 Å². The van der Waals surface area contributed by atoms with E-state index in [1.165, 1.54) is 13.2 Å². The monoisotopic (exact) mass is 363 g/mol. The fourth-order valence-electron chi connectivity index (χ4n) is 2.22. The summed E-state index contributed by atoms with van der Waals surface area (Å²) in [6, 6.07) is 8.84. The molecule has 0 unspecified atom stereocenters. The second-order valence-electron chi connectivity index (χ2n) is 6.72. The lowest BCUT2D eigenvalue weighted by Crippen LogP contribution is -2.38. The van der Waals surface area contributed by atoms with Crippen molar-refractivity contribution < 1.29 is 9.53 Å². The van der Waals surface area contributed by atoms with Crippen LogP contribution in [0.15, 0.2) is 41.3 Å². The molecule has 1 aromatic heterocycles. The summed E-state index contributed by atoms with van der Waals surface area (Å²) in [6.45, 7) is 5.41. The van der Waals surface area contributed by atoms with Gasteiger partial charge in [0.05, 0.1) is 11.9 Å². The molecule has 0 spiro atoms. The van der Waals surface area contributed by atoms with E-state index >= 15 is 0 Å². The standard InChI is InChI=1S/C18H22ClN3O3/c1-18(2,3)25-17(24)13(10-12-8-6-5-7-9-12)21-14-11-20-22(4)16(23)15(14)19/h5-9,11,13,21H,10H2,1-4H3/t13-/m1/s1. The van der Waals surface area contributed by atoms with Gasteiger partial charge in [-0.25, -0.2) is 9.48 Å². The Morgan fingerprint density at radius 1 is 1.32 bits per heavy atom. The molecule has 134 valence electrons. The van der Waals surface area contributed by atoms with Crippen molar-refractivity contribution in [3.05, 3.63) is 57.5 Å². The van der Waals surface area contributed by atoms with E-state index in [2.05, 4.69) is 10.4 Å². The van der Waals surface area contributed by atoms with Crippen molar-refractivity contribution in [2.45, 2.75) is 38.8 Å². The van der Waals surface area contributed by atoms with Gasteiger partial charge in [0.25, 0.3) is 5.56 Å². The summed E-state index contributed by atoms with van der Waals surface area (Å²) < 4.78 is 6.62. The van der Waals surface area contributed by atoms with Gasteiger partial charge in [0.2, 0.25) is 0 Å². The number of hydrogen-bond donors (Lipinski definition) is 1. The summed E-state index contributed by atoms with van der Waals surface area (Å²) in [6.07, 6.45) is 1.81. The minimum absolute atomic E-state index is 0.0147. The first kappa shape index (κ1) is 19.0. The summed E-state index contributed by atoms with van der Waals surface area (Å²) in [4.78, 5) is 24.5. The number of carbonyl (C=O) groups is 1. The number of aromatic nitrogens is 2. The molecule has 0 amide bonds. The Kier molecular flexibility index (Phi) is 5.85. The Balaban J connectivity index is 2.29. The molecule has 0 saturated carbocycles. The molecule has 25 heavy (non-hydrogen) atoms. The number of hydrogen-bond acceptors (Lipinski definition) is 5. The van der Waals surface area contributed by atoms with Crippen LogP contribution in [0.3, 0.4) is 0 Å². The molecule has 0 fully saturated rings. The van der Waals surface area contributed by atoms with Crippen LogP contribution in [0.1, 0.15) is 26.3 Å². The van der Waals surface area contributed by atoms with Crippen LogP contribution in [-0.2, 0) is 23.0 Å². The summed E-state index contributed by atoms with van der Waals surface area (Å²) >= 11 is 6.10. The van der Waals surface area contributed by atoms with E-state index < -0.39 is 23.2 Å². The lowest BCUT2D eigenvalue weighted by Gasteiger charge is -2.25. The van der Waals surface area contributed by atoms with E-state index in [0.717, 1.165) is 10.2 Å². The number of carbonyl (C=O) groups excluding carboxylic acids is 1. The third kappa shape index (κ3) is 5.32. The fraction of sp³-hybridized carbons (Fsp3) is 0.389. The molecule has 6 nitrogen and oxygen atoms in total. The Hall–Kier alpha value is -2.34. The first-order valence-corrected chi connectivity index (χ1v) is 8.30. The van der Waals surface area contributed by atoms with E-state index in [9.17, 15) is 9.59 Å². The van der Waals surface area contributed by atoms with Gasteiger partial charge in [-0.2, -0.15) is 5.10 Å². The zero-order chi connectivity index (χ0) is 18.6. The maximum Gasteiger partial charge on any atom is 0.329 e. The number of anilines is 1. The van der Waals surface area contributed by atoms with Crippen molar-refractivity contribution in [3.8, 4) is 0 Å². The number of benzene rings is 1. The van der Waals surface area contributed by atoms with Gasteiger partial charge in [-0.15, -0.1) is 0 Å². The van der Waals surface area contributed by atoms with Crippen LogP contribution >= 0.6 is 11.6 Å². The van der Waals surface area contributed by atoms with Gasteiger partial charge in [-0.1, -0.05) is 41.9 Å². The van der Waals surface area contributed by atoms with Crippen LogP contribution in [0.2, 0.25) is 5.02 Å². The molecule has 1 aromatic carbocycles. The minimum Gasteiger partial charge on any atom is -0.458 e. The SMILES string of the molecule is Cn1ncc(N[C@H](Cc2ccccc2)C(=O)OC(C)(C)C)c(Cl)c1=O. The number of rotatable bonds is 5. The Bertz CT molecular complexity index is 797. The third-order valence-corrected chi connectivity index (χ3v) is 3.75. The molecule has 0 saturated heterocycles. The molecule has 2 rings (SSSR count). The quantitative estimate of drug-likeness (QED) is 0.827. The van der Waals surface area contributed by atoms with Gasteiger partial charge in [-0.05, 0) is 26.3 Å². The average Bonchev–Trinajstić information content (AvgIpc) is 2.54. The number of aryl methyl sites for hydroxylation is 1. The highest BCUT2D eigenvalue weighted by atomic mass is 35.5. The van der Waals surface area contributed by atoms with Crippen LogP contribution in [-0.4, -0.2) is 27.4 Å². The second kappa shape index (κ2) is 7.70. The van der Waals surface area contributed by atoms with Crippen molar-refractivity contribution in [1.82, 2.24) is 9.78 Å². The van der Waals surface area contributed by atoms with Crippen molar-refractivity contribution >= 4 is 23.3 Å². The molecule has 0 aliphatic carbocycles. The number of esters is 1. The highest BCUT2D eigenvalue weighted by Gasteiger charge is 2.26. The zero-order valence-corrected chi connectivity index (χ0v) is 15.5. The van der Waals surface area contributed by atoms with E-state index in [1.54, 1.807) is 20.8 Å². The highest BCUT2D eigenvalue weighted by molar-refractivity contribution is 6.33. The van der Waals surface area contributed by atoms with Crippen molar-refractivity contribution in [1.29, 1.82) is 0 Å². The normalized spacial score (nSPS) is 12.5. The van der Waals surface area contributed by atoms with Crippen LogP contribution in [0, 0.1) is 0 Å². The van der Waals surface area contributed by atoms with Gasteiger partial charge in [0.15, 0.2) is 0 Å². The van der Waals surface area contributed by atoms with Crippen LogP contribution < -0.4 is 10.9 Å². The van der Waals surface area contributed by atoms with Gasteiger partial charge >= 0.3 is 5.97 Å². The molecule has 0 bridgehead atoms. The average molecular weight is 364 g/mol. The summed E-state index contributed by atoms with van der Waals surface area (Å²) in [5.74, 6) is -0.423. The van der Waals surface area contributed by atoms with Gasteiger partial charge in [0.1, 0.15) is 16.7 Å². The van der Waals surface area contributed by atoms with Crippen molar-refractivity contribution in [2.75, 3.05) is 5.32 Å². The van der Waals surface area contributed by atoms with E-state index in [0.29, 0.717) is 12.1 Å². The molecule has 1 heterocycles. The van der Waals surface area contributed by atoms with E-state index in [-0.39, 0.29) is 5.02 Å². The van der Waals surface area contributed by atoms with Crippen LogP contribution in [0.25, 0.3) is 0 Å². The molecule has 1 atom stereocenters. The molecular weight excluding hydrogens is 342 g/mol. The summed E-state index contributed by atoms with van der Waals surface area (Å²) in [7, 11) is 1.51. The Morgan fingerprint density at radius 3 is 2.56 bits per heavy atom. The van der Waals surface area contributed by atoms with Crippen LogP contribution in [0.4, 0.5) is 5.69 Å². The second-order valence-corrected chi connectivity index (χ2v) is 7.10. The van der Waals surface area contributed by atoms with Gasteiger partial charge in [-0.3, -0.25) is 4.79 Å². The zero-order valence-electron chi connectivity index (χ0n) is 14.7. The number of nitrogens with one attached hydrogen (secondary N) is 1. The summed E-state index contributed by atoms with van der Waals surface area (Å²) in [5, 5.41) is 6.93. The van der Waals surface area contributed by atoms with Crippen LogP contribution in [0.5, 0.6) is 0 Å². The molecule has 0 aliphatic rings. The Morgan fingerprint density at radius 2 is 1.96 bits per heavy atom. The van der Waals surface area contributed by atoms with E-state index in [4.69, 9.17) is 16.3 Å². The predicted octanol–water partition coefficient (Wildman–Crippen LogP) is 2.80. The maximum absolute atomic E-state index is 12.6. The predicted molar refractivity (Wildman–Crippen MR) is 97.9 cm³/mol. The molecule has 2 aromatic rings. The molecule has 0 aliphatic heterocycles.